The molecule has 1 aromatic carbocycles. The van der Waals surface area contributed by atoms with E-state index in [9.17, 15) is 9.59 Å². The van der Waals surface area contributed by atoms with E-state index in [1.165, 1.54) is 4.90 Å². The van der Waals surface area contributed by atoms with E-state index in [0.717, 1.165) is 28.4 Å². The Labute approximate surface area is 142 Å². The summed E-state index contributed by atoms with van der Waals surface area (Å²) in [5, 5.41) is 0.542. The van der Waals surface area contributed by atoms with Crippen LogP contribution in [-0.4, -0.2) is 20.7 Å². The second-order valence-corrected chi connectivity index (χ2v) is 6.45. The number of amides is 2. The van der Waals surface area contributed by atoms with Crippen LogP contribution in [0.1, 0.15) is 5.69 Å². The molecule has 0 aliphatic carbocycles. The van der Waals surface area contributed by atoms with Gasteiger partial charge in [0.2, 0.25) is 0 Å². The lowest BCUT2D eigenvalue weighted by Crippen LogP contribution is -2.27. The summed E-state index contributed by atoms with van der Waals surface area (Å²) in [5.41, 5.74) is 2.48. The first kappa shape index (κ1) is 14.7. The topological polar surface area (TPSA) is 55.2 Å². The van der Waals surface area contributed by atoms with E-state index >= 15 is 0 Å². The molecule has 0 saturated carbocycles. The van der Waals surface area contributed by atoms with Crippen LogP contribution in [0.5, 0.6) is 0 Å². The molecule has 118 valence electrons. The average Bonchev–Trinajstić information content (AvgIpc) is 3.10. The van der Waals surface area contributed by atoms with E-state index in [1.54, 1.807) is 12.3 Å². The molecule has 2 aromatic heterocycles. The molecule has 5 nitrogen and oxygen atoms in total. The van der Waals surface area contributed by atoms with Crippen molar-refractivity contribution >= 4 is 39.5 Å². The Bertz CT molecular complexity index is 978. The highest BCUT2D eigenvalue weighted by Crippen LogP contribution is 2.37. The van der Waals surface area contributed by atoms with E-state index in [0.29, 0.717) is 12.2 Å². The van der Waals surface area contributed by atoms with Gasteiger partial charge in [-0.25, -0.2) is 4.90 Å². The van der Waals surface area contributed by atoms with Crippen molar-refractivity contribution in [2.24, 2.45) is 0 Å². The van der Waals surface area contributed by atoms with Crippen molar-refractivity contribution in [2.75, 3.05) is 4.90 Å². The van der Waals surface area contributed by atoms with Crippen molar-refractivity contribution in [3.05, 3.63) is 72.0 Å². The Morgan fingerprint density at radius 1 is 1.08 bits per heavy atom. The van der Waals surface area contributed by atoms with Crippen LogP contribution in [0.15, 0.2) is 66.3 Å². The number of hydrogen-bond acceptors (Lipinski definition) is 4. The highest BCUT2D eigenvalue weighted by atomic mass is 32.2. The summed E-state index contributed by atoms with van der Waals surface area (Å²) in [6.07, 6.45) is 3.70. The standard InChI is InChI=1S/C18H13N3O2S/c1-12-17(22)21(18(23)24-12)16-7-4-6-15-14(16)8-10-20(15)11-13-5-2-3-9-19-13/h2-10H,1,11H2. The third-order valence-corrected chi connectivity index (χ3v) is 4.70. The van der Waals surface area contributed by atoms with Gasteiger partial charge in [-0.05, 0) is 42.1 Å². The van der Waals surface area contributed by atoms with Crippen molar-refractivity contribution < 1.29 is 9.59 Å². The summed E-state index contributed by atoms with van der Waals surface area (Å²) in [4.78, 5) is 30.1. The second kappa shape index (κ2) is 5.65. The summed E-state index contributed by atoms with van der Waals surface area (Å²) < 4.78 is 2.05. The Hall–Kier alpha value is -2.86. The molecule has 0 unspecified atom stereocenters. The minimum Gasteiger partial charge on any atom is -0.341 e. The number of thioether (sulfide) groups is 1. The zero-order chi connectivity index (χ0) is 16.7. The first-order valence-corrected chi connectivity index (χ1v) is 8.20. The van der Waals surface area contributed by atoms with Gasteiger partial charge >= 0.3 is 0 Å². The molecule has 0 N–H and O–H groups in total. The smallest absolute Gasteiger partial charge is 0.298 e. The number of carbonyl (C=O) groups is 2. The highest BCUT2D eigenvalue weighted by molar-refractivity contribution is 8.18. The van der Waals surface area contributed by atoms with E-state index in [-0.39, 0.29) is 16.1 Å². The van der Waals surface area contributed by atoms with Crippen LogP contribution in [0.25, 0.3) is 10.9 Å². The second-order valence-electron chi connectivity index (χ2n) is 5.41. The molecule has 0 atom stereocenters. The van der Waals surface area contributed by atoms with Gasteiger partial charge in [-0.1, -0.05) is 18.7 Å². The van der Waals surface area contributed by atoms with E-state index in [1.807, 2.05) is 47.2 Å². The van der Waals surface area contributed by atoms with Crippen LogP contribution in [0.2, 0.25) is 0 Å². The highest BCUT2D eigenvalue weighted by Gasteiger charge is 2.36. The molecule has 3 aromatic rings. The summed E-state index contributed by atoms with van der Waals surface area (Å²) in [7, 11) is 0. The Kier molecular flexibility index (Phi) is 3.46. The molecular formula is C18H13N3O2S. The van der Waals surface area contributed by atoms with Crippen molar-refractivity contribution in [2.45, 2.75) is 6.54 Å². The summed E-state index contributed by atoms with van der Waals surface area (Å²) in [6.45, 7) is 4.26. The lowest BCUT2D eigenvalue weighted by atomic mass is 10.2. The summed E-state index contributed by atoms with van der Waals surface area (Å²) in [6, 6.07) is 13.3. The largest absolute Gasteiger partial charge is 0.341 e. The Morgan fingerprint density at radius 2 is 1.96 bits per heavy atom. The van der Waals surface area contributed by atoms with Crippen molar-refractivity contribution in [3.8, 4) is 0 Å². The predicted molar refractivity (Wildman–Crippen MR) is 94.9 cm³/mol. The molecule has 6 heteroatoms. The van der Waals surface area contributed by atoms with Crippen molar-refractivity contribution in [1.82, 2.24) is 9.55 Å². The quantitative estimate of drug-likeness (QED) is 0.683. The monoisotopic (exact) mass is 335 g/mol. The summed E-state index contributed by atoms with van der Waals surface area (Å²) >= 11 is 0.876. The normalized spacial score (nSPS) is 14.8. The van der Waals surface area contributed by atoms with E-state index < -0.39 is 0 Å². The number of carbonyl (C=O) groups excluding carboxylic acids is 2. The molecule has 2 amide bonds. The van der Waals surface area contributed by atoms with Gasteiger partial charge in [0.25, 0.3) is 11.1 Å². The number of imide groups is 1. The molecule has 0 spiro atoms. The maximum Gasteiger partial charge on any atom is 0.298 e. The number of benzene rings is 1. The number of aromatic nitrogens is 2. The fraction of sp³-hybridized carbons (Fsp3) is 0.0556. The number of anilines is 1. The molecule has 1 fully saturated rings. The van der Waals surface area contributed by atoms with E-state index in [4.69, 9.17) is 0 Å². The zero-order valence-electron chi connectivity index (χ0n) is 12.7. The number of pyridine rings is 1. The van der Waals surface area contributed by atoms with Gasteiger partial charge in [0.15, 0.2) is 0 Å². The molecular weight excluding hydrogens is 322 g/mol. The van der Waals surface area contributed by atoms with Gasteiger partial charge in [-0.15, -0.1) is 0 Å². The molecule has 0 bridgehead atoms. The number of fused-ring (bicyclic) bond motifs is 1. The van der Waals surface area contributed by atoms with Crippen molar-refractivity contribution in [1.29, 1.82) is 0 Å². The molecule has 1 aliphatic rings. The fourth-order valence-electron chi connectivity index (χ4n) is 2.82. The van der Waals surface area contributed by atoms with Crippen LogP contribution >= 0.6 is 11.8 Å². The predicted octanol–water partition coefficient (Wildman–Crippen LogP) is 3.80. The zero-order valence-corrected chi connectivity index (χ0v) is 13.5. The van der Waals surface area contributed by atoms with Gasteiger partial charge in [0.05, 0.1) is 28.3 Å². The minimum atomic E-state index is -0.352. The first-order valence-electron chi connectivity index (χ1n) is 7.38. The molecule has 3 heterocycles. The van der Waals surface area contributed by atoms with E-state index in [2.05, 4.69) is 11.6 Å². The van der Waals surface area contributed by atoms with Gasteiger partial charge in [0.1, 0.15) is 0 Å². The van der Waals surface area contributed by atoms with Gasteiger partial charge in [-0.3, -0.25) is 14.6 Å². The van der Waals surface area contributed by atoms with Gasteiger partial charge in [0, 0.05) is 17.8 Å². The maximum absolute atomic E-state index is 12.2. The lowest BCUT2D eigenvalue weighted by molar-refractivity contribution is -0.113. The fourth-order valence-corrected chi connectivity index (χ4v) is 3.48. The van der Waals surface area contributed by atoms with Crippen LogP contribution in [0.3, 0.4) is 0 Å². The SMILES string of the molecule is C=C1SC(=O)N(c2cccc3c2ccn3Cc2ccccn2)C1=O. The number of nitrogens with zero attached hydrogens (tertiary/aromatic N) is 3. The molecule has 0 radical (unpaired) electrons. The summed E-state index contributed by atoms with van der Waals surface area (Å²) in [5.74, 6) is -0.352. The first-order chi connectivity index (χ1) is 11.6. The average molecular weight is 335 g/mol. The minimum absolute atomic E-state index is 0.255. The Morgan fingerprint density at radius 3 is 2.67 bits per heavy atom. The van der Waals surface area contributed by atoms with Crippen LogP contribution in [-0.2, 0) is 11.3 Å². The number of hydrogen-bond donors (Lipinski definition) is 0. The molecule has 1 aliphatic heterocycles. The maximum atomic E-state index is 12.2. The van der Waals surface area contributed by atoms with Gasteiger partial charge < -0.3 is 4.57 Å². The number of rotatable bonds is 3. The lowest BCUT2D eigenvalue weighted by Gasteiger charge is -2.14. The van der Waals surface area contributed by atoms with Crippen LogP contribution in [0.4, 0.5) is 10.5 Å². The van der Waals surface area contributed by atoms with Gasteiger partial charge in [-0.2, -0.15) is 0 Å². The van der Waals surface area contributed by atoms with Crippen LogP contribution < -0.4 is 4.90 Å². The molecule has 1 saturated heterocycles. The van der Waals surface area contributed by atoms with Crippen molar-refractivity contribution in [3.63, 3.8) is 0 Å². The van der Waals surface area contributed by atoms with Crippen LogP contribution in [0, 0.1) is 0 Å². The third kappa shape index (κ3) is 2.32. The molecule has 4 rings (SSSR count). The third-order valence-electron chi connectivity index (χ3n) is 3.92. The Balaban J connectivity index is 1.78. The molecule has 24 heavy (non-hydrogen) atoms.